The number of hydrogen-bond donors (Lipinski definition) is 2. The summed E-state index contributed by atoms with van der Waals surface area (Å²) in [6.07, 6.45) is 1.96. The fourth-order valence-corrected chi connectivity index (χ4v) is 2.64. The van der Waals surface area contributed by atoms with E-state index < -0.39 is 0 Å². The number of piperidine rings is 1. The summed E-state index contributed by atoms with van der Waals surface area (Å²) in [7, 11) is 0. The average molecular weight is 258 g/mol. The molecule has 5 nitrogen and oxygen atoms in total. The van der Waals surface area contributed by atoms with E-state index in [1.54, 1.807) is 0 Å². The van der Waals surface area contributed by atoms with Crippen LogP contribution in [0.25, 0.3) is 10.9 Å². The van der Waals surface area contributed by atoms with Crippen LogP contribution in [0, 0.1) is 6.92 Å². The van der Waals surface area contributed by atoms with Gasteiger partial charge in [-0.3, -0.25) is 9.89 Å². The fourth-order valence-electron chi connectivity index (χ4n) is 2.64. The van der Waals surface area contributed by atoms with Crippen LogP contribution in [0.5, 0.6) is 0 Å². The predicted octanol–water partition coefficient (Wildman–Crippen LogP) is 1.43. The minimum absolute atomic E-state index is 0.0213. The molecule has 1 aliphatic rings. The summed E-state index contributed by atoms with van der Waals surface area (Å²) in [6, 6.07) is 6.04. The van der Waals surface area contributed by atoms with Crippen molar-refractivity contribution in [3.8, 4) is 0 Å². The smallest absolute Gasteiger partial charge is 0.275 e. The van der Waals surface area contributed by atoms with Gasteiger partial charge in [0.2, 0.25) is 0 Å². The van der Waals surface area contributed by atoms with E-state index in [1.165, 1.54) is 0 Å². The summed E-state index contributed by atoms with van der Waals surface area (Å²) < 4.78 is 0. The van der Waals surface area contributed by atoms with Crippen molar-refractivity contribution in [2.45, 2.75) is 25.8 Å². The molecule has 5 heteroatoms. The standard InChI is InChI=1S/C14H18N4O/c1-9-4-5-12-11(7-9)13(17-16-12)14(19)18-6-2-3-10(15)8-18/h4-5,7,10H,2-3,6,8,15H2,1H3,(H,16,17). The van der Waals surface area contributed by atoms with Crippen molar-refractivity contribution in [3.63, 3.8) is 0 Å². The molecule has 1 unspecified atom stereocenters. The SMILES string of the molecule is Cc1ccc2[nH]nc(C(=O)N3CCCC(N)C3)c2c1. The van der Waals surface area contributed by atoms with Gasteiger partial charge in [-0.15, -0.1) is 0 Å². The van der Waals surface area contributed by atoms with Crippen molar-refractivity contribution in [1.29, 1.82) is 0 Å². The lowest BCUT2D eigenvalue weighted by Gasteiger charge is -2.30. The van der Waals surface area contributed by atoms with Gasteiger partial charge in [-0.1, -0.05) is 11.6 Å². The monoisotopic (exact) mass is 258 g/mol. The van der Waals surface area contributed by atoms with E-state index in [1.807, 2.05) is 30.0 Å². The highest BCUT2D eigenvalue weighted by Gasteiger charge is 2.25. The Morgan fingerprint density at radius 2 is 2.37 bits per heavy atom. The Morgan fingerprint density at radius 1 is 1.53 bits per heavy atom. The van der Waals surface area contributed by atoms with Gasteiger partial charge >= 0.3 is 0 Å². The maximum Gasteiger partial charge on any atom is 0.275 e. The molecular formula is C14H18N4O. The van der Waals surface area contributed by atoms with Crippen LogP contribution < -0.4 is 5.73 Å². The normalized spacial score (nSPS) is 19.9. The highest BCUT2D eigenvalue weighted by molar-refractivity contribution is 6.04. The number of aromatic nitrogens is 2. The van der Waals surface area contributed by atoms with Crippen molar-refractivity contribution in [2.75, 3.05) is 13.1 Å². The number of aryl methyl sites for hydroxylation is 1. The first-order valence-corrected chi connectivity index (χ1v) is 6.65. The summed E-state index contributed by atoms with van der Waals surface area (Å²) in [4.78, 5) is 14.3. The van der Waals surface area contributed by atoms with Crippen molar-refractivity contribution in [1.82, 2.24) is 15.1 Å². The molecule has 1 amide bonds. The molecule has 2 heterocycles. The van der Waals surface area contributed by atoms with Crippen molar-refractivity contribution in [3.05, 3.63) is 29.5 Å². The van der Waals surface area contributed by atoms with Gasteiger partial charge < -0.3 is 10.6 Å². The fraction of sp³-hybridized carbons (Fsp3) is 0.429. The lowest BCUT2D eigenvalue weighted by Crippen LogP contribution is -2.45. The van der Waals surface area contributed by atoms with Gasteiger partial charge in [0.25, 0.3) is 5.91 Å². The van der Waals surface area contributed by atoms with Crippen molar-refractivity contribution < 1.29 is 4.79 Å². The number of rotatable bonds is 1. The second kappa shape index (κ2) is 4.66. The highest BCUT2D eigenvalue weighted by atomic mass is 16.2. The van der Waals surface area contributed by atoms with Gasteiger partial charge in [-0.2, -0.15) is 5.10 Å². The molecule has 1 atom stereocenters. The van der Waals surface area contributed by atoms with Crippen LogP contribution in [0.2, 0.25) is 0 Å². The van der Waals surface area contributed by atoms with E-state index in [9.17, 15) is 4.79 Å². The Kier molecular flexibility index (Phi) is 2.98. The second-order valence-electron chi connectivity index (χ2n) is 5.27. The van der Waals surface area contributed by atoms with Crippen molar-refractivity contribution in [2.24, 2.45) is 5.73 Å². The molecule has 0 aliphatic carbocycles. The van der Waals surface area contributed by atoms with Crippen LogP contribution in [0.1, 0.15) is 28.9 Å². The summed E-state index contributed by atoms with van der Waals surface area (Å²) in [5.74, 6) is -0.0213. The molecule has 100 valence electrons. The van der Waals surface area contributed by atoms with Crippen LogP contribution in [-0.2, 0) is 0 Å². The number of fused-ring (bicyclic) bond motifs is 1. The van der Waals surface area contributed by atoms with Crippen LogP contribution in [-0.4, -0.2) is 40.1 Å². The van der Waals surface area contributed by atoms with Gasteiger partial charge in [-0.25, -0.2) is 0 Å². The minimum Gasteiger partial charge on any atom is -0.336 e. The van der Waals surface area contributed by atoms with Gasteiger partial charge in [-0.05, 0) is 31.9 Å². The number of nitrogens with one attached hydrogen (secondary N) is 1. The molecule has 0 saturated carbocycles. The number of aromatic amines is 1. The number of nitrogens with two attached hydrogens (primary N) is 1. The molecule has 0 radical (unpaired) electrons. The third-order valence-corrected chi connectivity index (χ3v) is 3.67. The third-order valence-electron chi connectivity index (χ3n) is 3.67. The lowest BCUT2D eigenvalue weighted by atomic mass is 10.1. The first kappa shape index (κ1) is 12.2. The molecule has 19 heavy (non-hydrogen) atoms. The molecule has 1 fully saturated rings. The Balaban J connectivity index is 1.95. The Labute approximate surface area is 111 Å². The van der Waals surface area contributed by atoms with Gasteiger partial charge in [0.05, 0.1) is 5.52 Å². The number of hydrogen-bond acceptors (Lipinski definition) is 3. The van der Waals surface area contributed by atoms with E-state index in [2.05, 4.69) is 10.2 Å². The minimum atomic E-state index is -0.0213. The first-order valence-electron chi connectivity index (χ1n) is 6.65. The number of likely N-dealkylation sites (tertiary alicyclic amines) is 1. The molecule has 1 saturated heterocycles. The van der Waals surface area contributed by atoms with E-state index >= 15 is 0 Å². The largest absolute Gasteiger partial charge is 0.336 e. The molecule has 2 aromatic rings. The van der Waals surface area contributed by atoms with Crippen LogP contribution >= 0.6 is 0 Å². The zero-order chi connectivity index (χ0) is 13.4. The van der Waals surface area contributed by atoms with Gasteiger partial charge in [0.1, 0.15) is 0 Å². The number of amides is 1. The molecule has 1 aliphatic heterocycles. The molecule has 1 aromatic carbocycles. The topological polar surface area (TPSA) is 75.0 Å². The molecular weight excluding hydrogens is 240 g/mol. The van der Waals surface area contributed by atoms with Crippen LogP contribution in [0.3, 0.4) is 0 Å². The lowest BCUT2D eigenvalue weighted by molar-refractivity contribution is 0.0705. The second-order valence-corrected chi connectivity index (χ2v) is 5.27. The van der Waals surface area contributed by atoms with Crippen LogP contribution in [0.15, 0.2) is 18.2 Å². The molecule has 0 bridgehead atoms. The third kappa shape index (κ3) is 2.21. The zero-order valence-electron chi connectivity index (χ0n) is 11.0. The summed E-state index contributed by atoms with van der Waals surface area (Å²) >= 11 is 0. The molecule has 1 aromatic heterocycles. The molecule has 3 rings (SSSR count). The van der Waals surface area contributed by atoms with Crippen molar-refractivity contribution >= 4 is 16.8 Å². The summed E-state index contributed by atoms with van der Waals surface area (Å²) in [5.41, 5.74) is 8.46. The number of benzene rings is 1. The Morgan fingerprint density at radius 3 is 3.16 bits per heavy atom. The quantitative estimate of drug-likeness (QED) is 0.812. The maximum atomic E-state index is 12.5. The molecule has 0 spiro atoms. The maximum absolute atomic E-state index is 12.5. The average Bonchev–Trinajstić information content (AvgIpc) is 2.80. The Bertz CT molecular complexity index is 619. The highest BCUT2D eigenvalue weighted by Crippen LogP contribution is 2.20. The number of carbonyl (C=O) groups excluding carboxylic acids is 1. The van der Waals surface area contributed by atoms with Gasteiger partial charge in [0, 0.05) is 24.5 Å². The van der Waals surface area contributed by atoms with Crippen LogP contribution in [0.4, 0.5) is 0 Å². The zero-order valence-corrected chi connectivity index (χ0v) is 11.0. The number of nitrogens with zero attached hydrogens (tertiary/aromatic N) is 2. The van der Waals surface area contributed by atoms with E-state index in [4.69, 9.17) is 5.73 Å². The molecule has 3 N–H and O–H groups in total. The van der Waals surface area contributed by atoms with E-state index in [-0.39, 0.29) is 11.9 Å². The van der Waals surface area contributed by atoms with E-state index in [0.717, 1.165) is 35.9 Å². The number of H-pyrrole nitrogens is 1. The summed E-state index contributed by atoms with van der Waals surface area (Å²) in [5, 5.41) is 7.99. The van der Waals surface area contributed by atoms with E-state index in [0.29, 0.717) is 12.2 Å². The number of carbonyl (C=O) groups is 1. The summed E-state index contributed by atoms with van der Waals surface area (Å²) in [6.45, 7) is 3.41. The van der Waals surface area contributed by atoms with Gasteiger partial charge in [0.15, 0.2) is 5.69 Å². The first-order chi connectivity index (χ1) is 9.15. The Hall–Kier alpha value is -1.88. The predicted molar refractivity (Wildman–Crippen MR) is 73.9 cm³/mol.